The SMILES string of the molecule is C=CCO[C@@]12Oc3ccc(OCCSc4ccccc4)cc3[C@H]3[C@H](CCCCO)[C@@H](CCCCO)C=C(C(=NOC(C)(C)C)C[C@@H]1N(Cc1cccc4ccccc14)C(=O)OCCCCCCCCCCCC)[C@H]32. The first-order chi connectivity index (χ1) is 36.1. The molecule has 1 amide bonds. The number of hydrogen-bond acceptors (Lipinski definition) is 10. The second kappa shape index (κ2) is 28.9. The topological polar surface area (TPSA) is 119 Å². The summed E-state index contributed by atoms with van der Waals surface area (Å²) >= 11 is 1.76. The van der Waals surface area contributed by atoms with E-state index in [1.54, 1.807) is 17.8 Å². The van der Waals surface area contributed by atoms with Gasteiger partial charge in [-0.2, -0.15) is 0 Å². The highest BCUT2D eigenvalue weighted by Gasteiger charge is 2.66. The van der Waals surface area contributed by atoms with Crippen LogP contribution in [0, 0.1) is 17.8 Å². The van der Waals surface area contributed by atoms with Crippen LogP contribution in [0.2, 0.25) is 0 Å². The van der Waals surface area contributed by atoms with Gasteiger partial charge in [-0.05, 0) is 117 Å². The van der Waals surface area contributed by atoms with Crippen molar-refractivity contribution >= 4 is 34.3 Å². The molecule has 1 fully saturated rings. The molecule has 4 aromatic rings. The Morgan fingerprint density at radius 2 is 1.54 bits per heavy atom. The molecular weight excluding hydrogens is 945 g/mol. The minimum absolute atomic E-state index is 0.0746. The van der Waals surface area contributed by atoms with Crippen molar-refractivity contribution in [1.82, 2.24) is 4.90 Å². The van der Waals surface area contributed by atoms with Crippen molar-refractivity contribution < 1.29 is 38.8 Å². The van der Waals surface area contributed by atoms with E-state index >= 15 is 4.79 Å². The molecule has 402 valence electrons. The van der Waals surface area contributed by atoms with Gasteiger partial charge >= 0.3 is 6.09 Å². The molecule has 1 aliphatic heterocycles. The second-order valence-electron chi connectivity index (χ2n) is 21.5. The molecule has 0 spiro atoms. The Morgan fingerprint density at radius 3 is 2.27 bits per heavy atom. The van der Waals surface area contributed by atoms with Gasteiger partial charge in [-0.1, -0.05) is 156 Å². The molecule has 11 heteroatoms. The maximum absolute atomic E-state index is 15.4. The molecule has 0 bridgehead atoms. The summed E-state index contributed by atoms with van der Waals surface area (Å²) in [5, 5.41) is 27.4. The van der Waals surface area contributed by atoms with E-state index in [0.717, 1.165) is 89.6 Å². The fourth-order valence-electron chi connectivity index (χ4n) is 11.5. The fraction of sp³-hybridized carbons (Fsp3) is 0.556. The van der Waals surface area contributed by atoms with Crippen molar-refractivity contribution in [2.75, 3.05) is 38.8 Å². The summed E-state index contributed by atoms with van der Waals surface area (Å²) in [4.78, 5) is 24.8. The van der Waals surface area contributed by atoms with Crippen molar-refractivity contribution in [2.45, 2.75) is 172 Å². The van der Waals surface area contributed by atoms with E-state index in [-0.39, 0.29) is 50.5 Å². The number of fused-ring (bicyclic) bond motifs is 3. The van der Waals surface area contributed by atoms with E-state index in [1.165, 1.54) is 49.8 Å². The van der Waals surface area contributed by atoms with E-state index in [2.05, 4.69) is 80.2 Å². The molecule has 2 aliphatic carbocycles. The van der Waals surface area contributed by atoms with Crippen molar-refractivity contribution in [3.63, 3.8) is 0 Å². The summed E-state index contributed by atoms with van der Waals surface area (Å²) < 4.78 is 27.9. The Bertz CT molecular complexity index is 2410. The molecule has 1 saturated carbocycles. The monoisotopic (exact) mass is 1030 g/mol. The van der Waals surface area contributed by atoms with Crippen LogP contribution in [0.5, 0.6) is 11.5 Å². The van der Waals surface area contributed by atoms with Crippen molar-refractivity contribution in [3.8, 4) is 11.5 Å². The maximum Gasteiger partial charge on any atom is 0.410 e. The minimum Gasteiger partial charge on any atom is -0.493 e. The Labute approximate surface area is 447 Å². The number of ether oxygens (including phenoxy) is 4. The Hall–Kier alpha value is -4.81. The molecule has 74 heavy (non-hydrogen) atoms. The van der Waals surface area contributed by atoms with Gasteiger partial charge in [0.05, 0.1) is 38.0 Å². The molecule has 0 aromatic heterocycles. The maximum atomic E-state index is 15.4. The summed E-state index contributed by atoms with van der Waals surface area (Å²) in [6.45, 7) is 13.9. The average molecular weight is 1030 g/mol. The van der Waals surface area contributed by atoms with E-state index < -0.39 is 29.4 Å². The average Bonchev–Trinajstić information content (AvgIpc) is 3.46. The van der Waals surface area contributed by atoms with Crippen LogP contribution in [0.15, 0.2) is 125 Å². The lowest BCUT2D eigenvalue weighted by molar-refractivity contribution is -0.256. The van der Waals surface area contributed by atoms with Crippen molar-refractivity contribution in [2.24, 2.45) is 22.9 Å². The van der Waals surface area contributed by atoms with Crippen LogP contribution < -0.4 is 9.47 Å². The third-order valence-corrected chi connectivity index (χ3v) is 16.0. The molecule has 1 heterocycles. The number of benzene rings is 4. The molecule has 2 N–H and O–H groups in total. The van der Waals surface area contributed by atoms with Crippen LogP contribution in [-0.2, 0) is 20.9 Å². The first-order valence-electron chi connectivity index (χ1n) is 28.1. The van der Waals surface area contributed by atoms with Gasteiger partial charge < -0.3 is 34.0 Å². The lowest BCUT2D eigenvalue weighted by Gasteiger charge is -2.60. The van der Waals surface area contributed by atoms with Gasteiger partial charge in [0.1, 0.15) is 23.1 Å². The van der Waals surface area contributed by atoms with Crippen molar-refractivity contribution in [1.29, 1.82) is 0 Å². The highest BCUT2D eigenvalue weighted by molar-refractivity contribution is 7.99. The Balaban J connectivity index is 1.33. The highest BCUT2D eigenvalue weighted by atomic mass is 32.2. The molecule has 4 aromatic carbocycles. The molecular formula is C63H86N2O8S. The van der Waals surface area contributed by atoms with E-state index in [4.69, 9.17) is 28.9 Å². The van der Waals surface area contributed by atoms with E-state index in [0.29, 0.717) is 31.8 Å². The number of aliphatic hydroxyl groups excluding tert-OH is 2. The molecule has 0 unspecified atom stereocenters. The largest absolute Gasteiger partial charge is 0.493 e. The van der Waals surface area contributed by atoms with Gasteiger partial charge in [-0.25, -0.2) is 4.79 Å². The number of oxime groups is 1. The summed E-state index contributed by atoms with van der Waals surface area (Å²) in [6.07, 6.45) is 20.5. The molecule has 3 aliphatic rings. The smallest absolute Gasteiger partial charge is 0.410 e. The number of aliphatic hydroxyl groups is 2. The van der Waals surface area contributed by atoms with Crippen LogP contribution >= 0.6 is 11.8 Å². The summed E-state index contributed by atoms with van der Waals surface area (Å²) in [5.74, 6) is 0.316. The van der Waals surface area contributed by atoms with Crippen LogP contribution in [0.3, 0.4) is 0 Å². The van der Waals surface area contributed by atoms with Gasteiger partial charge in [0.15, 0.2) is 0 Å². The Kier molecular flexibility index (Phi) is 22.2. The predicted molar refractivity (Wildman–Crippen MR) is 301 cm³/mol. The summed E-state index contributed by atoms with van der Waals surface area (Å²) in [5.41, 5.74) is 3.15. The number of rotatable bonds is 31. The Morgan fingerprint density at radius 1 is 0.838 bits per heavy atom. The molecule has 6 atom stereocenters. The van der Waals surface area contributed by atoms with Crippen LogP contribution in [0.4, 0.5) is 4.79 Å². The minimum atomic E-state index is -1.43. The van der Waals surface area contributed by atoms with E-state index in [1.807, 2.05) is 56.0 Å². The molecule has 0 radical (unpaired) electrons. The number of allylic oxidation sites excluding steroid dienone is 1. The number of unbranched alkanes of at least 4 members (excludes halogenated alkanes) is 11. The van der Waals surface area contributed by atoms with Gasteiger partial charge in [-0.3, -0.25) is 4.90 Å². The van der Waals surface area contributed by atoms with Gasteiger partial charge in [-0.15, -0.1) is 18.3 Å². The number of carbonyl (C=O) groups excluding carboxylic acids is 1. The fourth-order valence-corrected chi connectivity index (χ4v) is 12.3. The van der Waals surface area contributed by atoms with Crippen molar-refractivity contribution in [3.05, 3.63) is 126 Å². The van der Waals surface area contributed by atoms with Crippen LogP contribution in [0.25, 0.3) is 10.8 Å². The molecule has 0 saturated heterocycles. The second-order valence-corrected chi connectivity index (χ2v) is 22.7. The lowest BCUT2D eigenvalue weighted by atomic mass is 9.55. The normalized spacial score (nSPS) is 21.6. The first kappa shape index (κ1) is 56.9. The number of nitrogens with zero attached hydrogens (tertiary/aromatic N) is 2. The third kappa shape index (κ3) is 15.2. The first-order valence-corrected chi connectivity index (χ1v) is 29.1. The standard InChI is InChI=1S/C63H86N2O8S/c1-6-8-9-10-11-12-13-14-15-25-40-70-61(68)65(46-49-30-26-29-47-27-19-20-33-52(47)49)58-45-56(64-73-62(3,4)5)54-43-48(28-21-23-37-66)53(34-22-24-38-67)59-55-44-50(69-41-42-74-51-31-17-16-18-32-51)35-36-57(55)72-63(58,60(54)59)71-39-7-2/h7,16-20,26-27,29-33,35-36,43-44,48,53,58-60,66-67H,2,6,8-15,21-25,28,34,37-42,45-46H2,1,3-5H3/t48-,53+,58-,59+,60+,63+/m0/s1. The summed E-state index contributed by atoms with van der Waals surface area (Å²) in [7, 11) is 0. The molecule has 7 rings (SSSR count). The number of amides is 1. The predicted octanol–water partition coefficient (Wildman–Crippen LogP) is 15.0. The highest BCUT2D eigenvalue weighted by Crippen LogP contribution is 2.62. The lowest BCUT2D eigenvalue weighted by Crippen LogP contribution is -2.70. The van der Waals surface area contributed by atoms with Gasteiger partial charge in [0.25, 0.3) is 0 Å². The zero-order valence-electron chi connectivity index (χ0n) is 45.0. The zero-order chi connectivity index (χ0) is 52.2. The van der Waals surface area contributed by atoms with Gasteiger partial charge in [0, 0.05) is 41.8 Å². The van der Waals surface area contributed by atoms with Gasteiger partial charge in [0.2, 0.25) is 5.79 Å². The number of thioether (sulfide) groups is 1. The number of hydrogen-bond donors (Lipinski definition) is 2. The van der Waals surface area contributed by atoms with Crippen LogP contribution in [-0.4, -0.2) is 83.1 Å². The third-order valence-electron chi connectivity index (χ3n) is 15.0. The van der Waals surface area contributed by atoms with E-state index in [9.17, 15) is 10.2 Å². The zero-order valence-corrected chi connectivity index (χ0v) is 45.8. The van der Waals surface area contributed by atoms with Crippen LogP contribution in [0.1, 0.15) is 154 Å². The molecule has 10 nitrogen and oxygen atoms in total. The number of carbonyl (C=O) groups is 1. The summed E-state index contributed by atoms with van der Waals surface area (Å²) in [6, 6.07) is 30.4. The quantitative estimate of drug-likeness (QED) is 0.0220.